The predicted octanol–water partition coefficient (Wildman–Crippen LogP) is 3.98. The second-order valence-electron chi connectivity index (χ2n) is 7.41. The average molecular weight is 440 g/mol. The summed E-state index contributed by atoms with van der Waals surface area (Å²) in [5.41, 5.74) is 1.51. The zero-order valence-electron chi connectivity index (χ0n) is 16.0. The van der Waals surface area contributed by atoms with Gasteiger partial charge in [-0.3, -0.25) is 4.79 Å². The van der Waals surface area contributed by atoms with Gasteiger partial charge in [-0.15, -0.1) is 22.7 Å². The maximum absolute atomic E-state index is 12.9. The summed E-state index contributed by atoms with van der Waals surface area (Å²) in [6, 6.07) is 1.71. The summed E-state index contributed by atoms with van der Waals surface area (Å²) < 4.78 is 27.7. The van der Waals surface area contributed by atoms with E-state index in [1.807, 2.05) is 17.2 Å². The minimum Gasteiger partial charge on any atom is -0.338 e. The van der Waals surface area contributed by atoms with Gasteiger partial charge >= 0.3 is 0 Å². The summed E-state index contributed by atoms with van der Waals surface area (Å²) >= 11 is 2.61. The normalized spacial score (nSPS) is 19.1. The van der Waals surface area contributed by atoms with Crippen LogP contribution in [-0.4, -0.2) is 54.7 Å². The average Bonchev–Trinajstić information content (AvgIpc) is 3.36. The minimum absolute atomic E-state index is 0.0531. The first-order valence-electron chi connectivity index (χ1n) is 9.82. The molecular formula is C19H25N3O3S3. The number of carbonyl (C=O) groups is 1. The van der Waals surface area contributed by atoms with Crippen LogP contribution in [0, 0.1) is 6.92 Å². The van der Waals surface area contributed by atoms with Gasteiger partial charge < -0.3 is 4.90 Å². The number of amides is 1. The maximum Gasteiger partial charge on any atom is 0.265 e. The molecule has 1 amide bonds. The van der Waals surface area contributed by atoms with Gasteiger partial charge in [-0.05, 0) is 45.1 Å². The number of likely N-dealkylation sites (tertiary alicyclic amines) is 1. The third-order valence-electron chi connectivity index (χ3n) is 5.37. The number of hydrogen-bond acceptors (Lipinski definition) is 6. The Morgan fingerprint density at radius 2 is 1.68 bits per heavy atom. The number of hydrogen-bond donors (Lipinski definition) is 0. The molecule has 6 nitrogen and oxygen atoms in total. The first-order valence-corrected chi connectivity index (χ1v) is 13.0. The number of aromatic nitrogens is 1. The molecule has 0 spiro atoms. The van der Waals surface area contributed by atoms with Crippen molar-refractivity contribution in [2.24, 2.45) is 0 Å². The number of sulfonamides is 1. The van der Waals surface area contributed by atoms with Crippen LogP contribution >= 0.6 is 22.7 Å². The number of nitrogens with zero attached hydrogens (tertiary/aromatic N) is 3. The second kappa shape index (κ2) is 8.22. The smallest absolute Gasteiger partial charge is 0.265 e. The van der Waals surface area contributed by atoms with E-state index in [1.165, 1.54) is 29.1 Å². The second-order valence-corrected chi connectivity index (χ2v) is 11.5. The number of thiazole rings is 1. The van der Waals surface area contributed by atoms with E-state index in [1.54, 1.807) is 10.4 Å². The number of carbonyl (C=O) groups excluding carboxylic acids is 1. The van der Waals surface area contributed by atoms with Crippen molar-refractivity contribution < 1.29 is 13.2 Å². The fourth-order valence-corrected chi connectivity index (χ4v) is 7.69. The van der Waals surface area contributed by atoms with E-state index in [0.29, 0.717) is 27.2 Å². The van der Waals surface area contributed by atoms with Crippen molar-refractivity contribution in [3.63, 3.8) is 0 Å². The molecule has 0 saturated carbocycles. The van der Waals surface area contributed by atoms with E-state index in [9.17, 15) is 13.2 Å². The van der Waals surface area contributed by atoms with Crippen LogP contribution in [0.4, 0.5) is 0 Å². The lowest BCUT2D eigenvalue weighted by Gasteiger charge is -2.26. The fraction of sp³-hybridized carbons (Fsp3) is 0.579. The summed E-state index contributed by atoms with van der Waals surface area (Å²) in [7, 11) is -3.43. The van der Waals surface area contributed by atoms with Crippen molar-refractivity contribution in [2.45, 2.75) is 49.7 Å². The SMILES string of the molecule is Cc1nc(-c2csc(S(=O)(=O)N3CCCCC3)c2)sc1C(=O)N1CCCCC1. The molecule has 2 aliphatic rings. The van der Waals surface area contributed by atoms with Gasteiger partial charge in [-0.2, -0.15) is 4.31 Å². The van der Waals surface area contributed by atoms with Gasteiger partial charge in [0.05, 0.1) is 5.69 Å². The molecule has 0 bridgehead atoms. The zero-order valence-corrected chi connectivity index (χ0v) is 18.5. The van der Waals surface area contributed by atoms with Gasteiger partial charge in [0.25, 0.3) is 15.9 Å². The van der Waals surface area contributed by atoms with E-state index in [2.05, 4.69) is 4.98 Å². The Kier molecular flexibility index (Phi) is 5.87. The van der Waals surface area contributed by atoms with Crippen LogP contribution in [-0.2, 0) is 10.0 Å². The van der Waals surface area contributed by atoms with Crippen molar-refractivity contribution in [3.05, 3.63) is 22.0 Å². The lowest BCUT2D eigenvalue weighted by Crippen LogP contribution is -2.35. The molecule has 2 aromatic heterocycles. The predicted molar refractivity (Wildman–Crippen MR) is 113 cm³/mol. The molecule has 28 heavy (non-hydrogen) atoms. The van der Waals surface area contributed by atoms with Crippen molar-refractivity contribution in [3.8, 4) is 10.6 Å². The number of aryl methyl sites for hydroxylation is 1. The molecule has 9 heteroatoms. The summed E-state index contributed by atoms with van der Waals surface area (Å²) in [6.07, 6.45) is 6.22. The van der Waals surface area contributed by atoms with Crippen LogP contribution in [0.15, 0.2) is 15.7 Å². The quantitative estimate of drug-likeness (QED) is 0.722. The number of piperidine rings is 2. The molecule has 2 saturated heterocycles. The highest BCUT2D eigenvalue weighted by Gasteiger charge is 2.28. The first-order chi connectivity index (χ1) is 13.5. The van der Waals surface area contributed by atoms with Gasteiger partial charge in [0.2, 0.25) is 0 Å². The van der Waals surface area contributed by atoms with Crippen LogP contribution < -0.4 is 0 Å². The molecule has 2 fully saturated rings. The van der Waals surface area contributed by atoms with Gasteiger partial charge in [0, 0.05) is 37.1 Å². The Morgan fingerprint density at radius 3 is 2.36 bits per heavy atom. The van der Waals surface area contributed by atoms with Crippen molar-refractivity contribution in [2.75, 3.05) is 26.2 Å². The minimum atomic E-state index is -3.43. The maximum atomic E-state index is 12.9. The van der Waals surface area contributed by atoms with Crippen LogP contribution in [0.3, 0.4) is 0 Å². The Labute approximate surface area is 174 Å². The van der Waals surface area contributed by atoms with Crippen molar-refractivity contribution in [1.82, 2.24) is 14.2 Å². The van der Waals surface area contributed by atoms with Crippen LogP contribution in [0.25, 0.3) is 10.6 Å². The van der Waals surface area contributed by atoms with Gasteiger partial charge in [0.1, 0.15) is 14.1 Å². The topological polar surface area (TPSA) is 70.6 Å². The Morgan fingerprint density at radius 1 is 1.04 bits per heavy atom. The summed E-state index contributed by atoms with van der Waals surface area (Å²) in [5.74, 6) is 0.0531. The Hall–Kier alpha value is -1.29. The number of rotatable bonds is 4. The zero-order chi connectivity index (χ0) is 19.7. The van der Waals surface area contributed by atoms with Crippen molar-refractivity contribution >= 4 is 38.6 Å². The monoisotopic (exact) mass is 439 g/mol. The molecule has 4 rings (SSSR count). The standard InChI is InChI=1S/C19H25N3O3S3/c1-14-17(19(23)21-8-4-2-5-9-21)27-18(20-14)15-12-16(26-13-15)28(24,25)22-10-6-3-7-11-22/h12-13H,2-11H2,1H3. The van der Waals surface area contributed by atoms with Crippen LogP contribution in [0.2, 0.25) is 0 Å². The van der Waals surface area contributed by atoms with E-state index in [-0.39, 0.29) is 5.91 Å². The molecule has 4 heterocycles. The molecule has 0 N–H and O–H groups in total. The van der Waals surface area contributed by atoms with Gasteiger partial charge in [-0.1, -0.05) is 6.42 Å². The van der Waals surface area contributed by atoms with Gasteiger partial charge in [-0.25, -0.2) is 13.4 Å². The Balaban J connectivity index is 1.56. The molecule has 0 atom stereocenters. The molecule has 0 unspecified atom stereocenters. The lowest BCUT2D eigenvalue weighted by atomic mass is 10.1. The highest BCUT2D eigenvalue weighted by molar-refractivity contribution is 7.91. The summed E-state index contributed by atoms with van der Waals surface area (Å²) in [6.45, 7) is 4.67. The molecule has 0 radical (unpaired) electrons. The summed E-state index contributed by atoms with van der Waals surface area (Å²) in [4.78, 5) is 20.0. The largest absolute Gasteiger partial charge is 0.338 e. The molecule has 2 aromatic rings. The van der Waals surface area contributed by atoms with E-state index in [0.717, 1.165) is 56.5 Å². The van der Waals surface area contributed by atoms with E-state index >= 15 is 0 Å². The molecular weight excluding hydrogens is 414 g/mol. The number of thiophene rings is 1. The van der Waals surface area contributed by atoms with E-state index in [4.69, 9.17) is 0 Å². The van der Waals surface area contributed by atoms with Crippen LogP contribution in [0.5, 0.6) is 0 Å². The van der Waals surface area contributed by atoms with Gasteiger partial charge in [0.15, 0.2) is 0 Å². The highest BCUT2D eigenvalue weighted by Crippen LogP contribution is 2.35. The first kappa shape index (κ1) is 20.0. The molecule has 2 aliphatic heterocycles. The lowest BCUT2D eigenvalue weighted by molar-refractivity contribution is 0.0728. The Bertz CT molecular complexity index is 952. The third-order valence-corrected chi connectivity index (χ3v) is 9.87. The highest BCUT2D eigenvalue weighted by atomic mass is 32.2. The third kappa shape index (κ3) is 3.90. The molecule has 152 valence electrons. The van der Waals surface area contributed by atoms with Crippen LogP contribution in [0.1, 0.15) is 53.9 Å². The molecule has 0 aromatic carbocycles. The summed E-state index contributed by atoms with van der Waals surface area (Å²) in [5, 5.41) is 2.55. The van der Waals surface area contributed by atoms with E-state index < -0.39 is 10.0 Å². The molecule has 0 aliphatic carbocycles. The van der Waals surface area contributed by atoms with Crippen molar-refractivity contribution in [1.29, 1.82) is 0 Å². The fourth-order valence-electron chi connectivity index (χ4n) is 3.76.